The van der Waals surface area contributed by atoms with Gasteiger partial charge in [0.1, 0.15) is 6.10 Å². The largest absolute Gasteiger partial charge is 0.462 e. The van der Waals surface area contributed by atoms with Gasteiger partial charge in [0.2, 0.25) is 0 Å². The first-order valence-corrected chi connectivity index (χ1v) is 8.44. The van der Waals surface area contributed by atoms with Crippen LogP contribution in [0.5, 0.6) is 0 Å². The lowest BCUT2D eigenvalue weighted by Gasteiger charge is -2.16. The van der Waals surface area contributed by atoms with E-state index in [0.29, 0.717) is 12.5 Å². The highest BCUT2D eigenvalue weighted by molar-refractivity contribution is 14.0. The molecule has 2 saturated carbocycles. The van der Waals surface area contributed by atoms with Gasteiger partial charge in [0.25, 0.3) is 0 Å². The van der Waals surface area contributed by atoms with Gasteiger partial charge in [0.05, 0.1) is 0 Å². The van der Waals surface area contributed by atoms with Crippen LogP contribution >= 0.6 is 24.0 Å². The Morgan fingerprint density at radius 2 is 1.77 bits per heavy atom. The maximum absolute atomic E-state index is 11.7. The summed E-state index contributed by atoms with van der Waals surface area (Å²) in [5.74, 6) is 0.800. The number of nitrogens with zero attached hydrogens (tertiary/aromatic N) is 1. The fourth-order valence-electron chi connectivity index (χ4n) is 3.15. The average molecular weight is 423 g/mol. The fraction of sp³-hybridized carbons (Fsp3) is 0.875. The first kappa shape index (κ1) is 19.5. The maximum Gasteiger partial charge on any atom is 0.306 e. The zero-order valence-corrected chi connectivity index (χ0v) is 15.9. The molecule has 0 aromatic carbocycles. The minimum Gasteiger partial charge on any atom is -0.462 e. The third-order valence-corrected chi connectivity index (χ3v) is 4.37. The monoisotopic (exact) mass is 423 g/mol. The Bertz CT molecular complexity index is 351. The molecule has 22 heavy (non-hydrogen) atoms. The number of esters is 1. The van der Waals surface area contributed by atoms with Crippen LogP contribution in [0, 0.1) is 0 Å². The van der Waals surface area contributed by atoms with Crippen LogP contribution in [0.15, 0.2) is 4.99 Å². The van der Waals surface area contributed by atoms with E-state index >= 15 is 0 Å². The Morgan fingerprint density at radius 1 is 1.14 bits per heavy atom. The number of hydrogen-bond donors (Lipinski definition) is 2. The normalized spacial score (nSPS) is 19.8. The lowest BCUT2D eigenvalue weighted by atomic mass is 10.2. The molecule has 0 radical (unpaired) electrons. The van der Waals surface area contributed by atoms with Gasteiger partial charge in [-0.25, -0.2) is 0 Å². The predicted octanol–water partition coefficient (Wildman–Crippen LogP) is 2.98. The number of rotatable bonds is 6. The Balaban J connectivity index is 0.00000242. The highest BCUT2D eigenvalue weighted by Crippen LogP contribution is 2.21. The van der Waals surface area contributed by atoms with Gasteiger partial charge >= 0.3 is 5.97 Å². The highest BCUT2D eigenvalue weighted by Gasteiger charge is 2.19. The van der Waals surface area contributed by atoms with Crippen molar-refractivity contribution in [2.75, 3.05) is 13.6 Å². The first-order chi connectivity index (χ1) is 10.3. The molecule has 0 saturated heterocycles. The maximum atomic E-state index is 11.7. The van der Waals surface area contributed by atoms with Gasteiger partial charge in [-0.2, -0.15) is 0 Å². The van der Waals surface area contributed by atoms with E-state index in [1.165, 1.54) is 38.5 Å². The van der Waals surface area contributed by atoms with Crippen LogP contribution in [-0.4, -0.2) is 37.7 Å². The summed E-state index contributed by atoms with van der Waals surface area (Å²) in [4.78, 5) is 15.9. The fourth-order valence-corrected chi connectivity index (χ4v) is 3.15. The summed E-state index contributed by atoms with van der Waals surface area (Å²) in [6, 6.07) is 0.559. The number of halogens is 1. The van der Waals surface area contributed by atoms with Crippen molar-refractivity contribution >= 4 is 35.9 Å². The molecule has 2 rings (SSSR count). The SMILES string of the molecule is CN=C(NCCCC(=O)OC1CCCC1)NC1CCCC1.I. The predicted molar refractivity (Wildman–Crippen MR) is 99.8 cm³/mol. The molecule has 2 aliphatic carbocycles. The summed E-state index contributed by atoms with van der Waals surface area (Å²) in [6.07, 6.45) is 11.0. The minimum absolute atomic E-state index is 0. The molecule has 2 N–H and O–H groups in total. The summed E-state index contributed by atoms with van der Waals surface area (Å²) >= 11 is 0. The van der Waals surface area contributed by atoms with Crippen LogP contribution in [0.25, 0.3) is 0 Å². The minimum atomic E-state index is -0.0533. The second-order valence-corrected chi connectivity index (χ2v) is 6.12. The van der Waals surface area contributed by atoms with Gasteiger partial charge in [-0.05, 0) is 44.9 Å². The molecule has 0 aromatic heterocycles. The Labute approximate surface area is 151 Å². The van der Waals surface area contributed by atoms with Crippen molar-refractivity contribution in [1.29, 1.82) is 0 Å². The summed E-state index contributed by atoms with van der Waals surface area (Å²) in [5.41, 5.74) is 0. The number of carbonyl (C=O) groups excluding carboxylic acids is 1. The van der Waals surface area contributed by atoms with E-state index in [9.17, 15) is 4.79 Å². The average Bonchev–Trinajstić information content (AvgIpc) is 3.15. The zero-order chi connectivity index (χ0) is 14.9. The zero-order valence-electron chi connectivity index (χ0n) is 13.6. The quantitative estimate of drug-likeness (QED) is 0.227. The molecular weight excluding hydrogens is 393 g/mol. The van der Waals surface area contributed by atoms with E-state index < -0.39 is 0 Å². The number of carbonyl (C=O) groups is 1. The van der Waals surface area contributed by atoms with Crippen molar-refractivity contribution in [3.63, 3.8) is 0 Å². The first-order valence-electron chi connectivity index (χ1n) is 8.44. The number of ether oxygens (including phenoxy) is 1. The summed E-state index contributed by atoms with van der Waals surface area (Å²) < 4.78 is 5.44. The molecule has 0 aromatic rings. The van der Waals surface area contributed by atoms with Gasteiger partial charge in [0, 0.05) is 26.1 Å². The lowest BCUT2D eigenvalue weighted by molar-refractivity contribution is -0.148. The topological polar surface area (TPSA) is 62.7 Å². The van der Waals surface area contributed by atoms with E-state index in [2.05, 4.69) is 15.6 Å². The number of guanidine groups is 1. The number of hydrogen-bond acceptors (Lipinski definition) is 3. The van der Waals surface area contributed by atoms with Crippen LogP contribution < -0.4 is 10.6 Å². The Kier molecular flexibility index (Phi) is 9.82. The van der Waals surface area contributed by atoms with Gasteiger partial charge in [-0.15, -0.1) is 24.0 Å². The molecule has 0 bridgehead atoms. The van der Waals surface area contributed by atoms with Crippen LogP contribution in [0.1, 0.15) is 64.2 Å². The summed E-state index contributed by atoms with van der Waals surface area (Å²) in [7, 11) is 1.79. The van der Waals surface area contributed by atoms with Crippen molar-refractivity contribution in [1.82, 2.24) is 10.6 Å². The van der Waals surface area contributed by atoms with Crippen molar-refractivity contribution < 1.29 is 9.53 Å². The van der Waals surface area contributed by atoms with Gasteiger partial charge < -0.3 is 15.4 Å². The highest BCUT2D eigenvalue weighted by atomic mass is 127. The smallest absolute Gasteiger partial charge is 0.306 e. The van der Waals surface area contributed by atoms with Gasteiger partial charge in [0.15, 0.2) is 5.96 Å². The lowest BCUT2D eigenvalue weighted by Crippen LogP contribution is -2.42. The van der Waals surface area contributed by atoms with E-state index in [4.69, 9.17) is 4.74 Å². The summed E-state index contributed by atoms with van der Waals surface area (Å²) in [6.45, 7) is 0.756. The molecule has 128 valence electrons. The van der Waals surface area contributed by atoms with Crippen LogP contribution in [0.4, 0.5) is 0 Å². The molecule has 0 atom stereocenters. The van der Waals surface area contributed by atoms with E-state index in [1.54, 1.807) is 7.05 Å². The Hall–Kier alpha value is -0.530. The second kappa shape index (κ2) is 11.1. The van der Waals surface area contributed by atoms with Crippen LogP contribution in [0.3, 0.4) is 0 Å². The molecule has 0 heterocycles. The van der Waals surface area contributed by atoms with E-state index in [0.717, 1.165) is 31.8 Å². The second-order valence-electron chi connectivity index (χ2n) is 6.12. The summed E-state index contributed by atoms with van der Waals surface area (Å²) in [5, 5.41) is 6.71. The van der Waals surface area contributed by atoms with Crippen LogP contribution in [-0.2, 0) is 9.53 Å². The molecule has 0 amide bonds. The molecule has 6 heteroatoms. The molecule has 0 unspecified atom stereocenters. The number of nitrogens with one attached hydrogen (secondary N) is 2. The van der Waals surface area contributed by atoms with Crippen molar-refractivity contribution in [3.05, 3.63) is 0 Å². The van der Waals surface area contributed by atoms with Crippen molar-refractivity contribution in [2.45, 2.75) is 76.4 Å². The standard InChI is InChI=1S/C16H29N3O2.HI/c1-17-16(19-13-7-2-3-8-13)18-12-6-11-15(20)21-14-9-4-5-10-14;/h13-14H,2-12H2,1H3,(H2,17,18,19);1H. The van der Waals surface area contributed by atoms with Gasteiger partial charge in [-0.1, -0.05) is 12.8 Å². The molecule has 2 fully saturated rings. The Morgan fingerprint density at radius 3 is 2.41 bits per heavy atom. The van der Waals surface area contributed by atoms with Crippen molar-refractivity contribution in [2.24, 2.45) is 4.99 Å². The molecule has 2 aliphatic rings. The van der Waals surface area contributed by atoms with Crippen LogP contribution in [0.2, 0.25) is 0 Å². The third kappa shape index (κ3) is 7.15. The van der Waals surface area contributed by atoms with E-state index in [1.807, 2.05) is 0 Å². The molecule has 0 aliphatic heterocycles. The molecule has 0 spiro atoms. The molecule has 5 nitrogen and oxygen atoms in total. The van der Waals surface area contributed by atoms with Crippen molar-refractivity contribution in [3.8, 4) is 0 Å². The molecular formula is C16H30IN3O2. The van der Waals surface area contributed by atoms with E-state index in [-0.39, 0.29) is 36.0 Å². The number of aliphatic imine (C=N–C) groups is 1. The third-order valence-electron chi connectivity index (χ3n) is 4.37. The van der Waals surface area contributed by atoms with Gasteiger partial charge in [-0.3, -0.25) is 9.79 Å².